The van der Waals surface area contributed by atoms with Crippen LogP contribution < -0.4 is 15.4 Å². The number of fused-ring (bicyclic) bond motifs is 1. The van der Waals surface area contributed by atoms with E-state index in [4.69, 9.17) is 4.74 Å². The molecule has 3 rings (SSSR count). The van der Waals surface area contributed by atoms with Gasteiger partial charge in [-0.3, -0.25) is 14.7 Å². The number of amides is 2. The van der Waals surface area contributed by atoms with Crippen LogP contribution in [0.2, 0.25) is 0 Å². The molecule has 1 aromatic heterocycles. The Bertz CT molecular complexity index is 817. The van der Waals surface area contributed by atoms with E-state index in [2.05, 4.69) is 20.8 Å². The Morgan fingerprint density at radius 1 is 1.33 bits per heavy atom. The van der Waals surface area contributed by atoms with Crippen LogP contribution in [-0.2, 0) is 17.8 Å². The summed E-state index contributed by atoms with van der Waals surface area (Å²) in [6, 6.07) is 7.18. The summed E-state index contributed by atoms with van der Waals surface area (Å²) in [5, 5.41) is 13.2. The van der Waals surface area contributed by atoms with Crippen molar-refractivity contribution < 1.29 is 14.3 Å². The number of aromatic amines is 1. The smallest absolute Gasteiger partial charge is 0.275 e. The molecule has 0 saturated carbocycles. The third kappa shape index (κ3) is 4.28. The molecular formula is C19H25N5O3. The van der Waals surface area contributed by atoms with Crippen LogP contribution in [0.3, 0.4) is 0 Å². The lowest BCUT2D eigenvalue weighted by Crippen LogP contribution is -2.39. The predicted molar refractivity (Wildman–Crippen MR) is 102 cm³/mol. The molecule has 0 bridgehead atoms. The second-order valence-electron chi connectivity index (χ2n) is 6.43. The molecule has 1 aliphatic rings. The predicted octanol–water partition coefficient (Wildman–Crippen LogP) is 1.55. The molecule has 1 aliphatic heterocycles. The van der Waals surface area contributed by atoms with E-state index >= 15 is 0 Å². The van der Waals surface area contributed by atoms with E-state index < -0.39 is 0 Å². The number of H-pyrrole nitrogens is 1. The van der Waals surface area contributed by atoms with Gasteiger partial charge in [-0.25, -0.2) is 0 Å². The Morgan fingerprint density at radius 3 is 2.93 bits per heavy atom. The number of nitrogens with one attached hydrogen (secondary N) is 3. The van der Waals surface area contributed by atoms with Crippen molar-refractivity contribution in [2.45, 2.75) is 26.3 Å². The number of hydrogen-bond donors (Lipinski definition) is 3. The Kier molecular flexibility index (Phi) is 6.08. The summed E-state index contributed by atoms with van der Waals surface area (Å²) in [4.78, 5) is 27.1. The van der Waals surface area contributed by atoms with E-state index in [1.165, 1.54) is 4.90 Å². The fourth-order valence-corrected chi connectivity index (χ4v) is 3.19. The van der Waals surface area contributed by atoms with Gasteiger partial charge in [-0.05, 0) is 18.6 Å². The van der Waals surface area contributed by atoms with Crippen molar-refractivity contribution in [3.63, 3.8) is 0 Å². The lowest BCUT2D eigenvalue weighted by molar-refractivity contribution is -0.116. The highest BCUT2D eigenvalue weighted by Gasteiger charge is 2.26. The molecular weight excluding hydrogens is 346 g/mol. The third-order valence-electron chi connectivity index (χ3n) is 4.51. The minimum atomic E-state index is -0.274. The Labute approximate surface area is 158 Å². The number of aromatic nitrogens is 2. The van der Waals surface area contributed by atoms with Crippen LogP contribution in [0.1, 0.15) is 35.1 Å². The van der Waals surface area contributed by atoms with Crippen LogP contribution in [0.25, 0.3) is 0 Å². The minimum absolute atomic E-state index is 0.0419. The molecule has 0 atom stereocenters. The number of anilines is 1. The van der Waals surface area contributed by atoms with Gasteiger partial charge >= 0.3 is 0 Å². The molecule has 1 aromatic carbocycles. The number of para-hydroxylation sites is 2. The molecule has 8 nitrogen and oxygen atoms in total. The number of carbonyl (C=O) groups is 2. The van der Waals surface area contributed by atoms with Crippen LogP contribution in [0.5, 0.6) is 5.75 Å². The van der Waals surface area contributed by atoms with Gasteiger partial charge in [0.25, 0.3) is 5.91 Å². The van der Waals surface area contributed by atoms with E-state index in [0.29, 0.717) is 30.2 Å². The Balaban J connectivity index is 1.72. The lowest BCUT2D eigenvalue weighted by atomic mass is 10.1. The molecule has 0 unspecified atom stereocenters. The number of methoxy groups -OCH3 is 1. The van der Waals surface area contributed by atoms with Crippen molar-refractivity contribution in [2.75, 3.05) is 32.1 Å². The zero-order valence-electron chi connectivity index (χ0n) is 15.7. The van der Waals surface area contributed by atoms with Gasteiger partial charge in [-0.1, -0.05) is 19.1 Å². The second-order valence-corrected chi connectivity index (χ2v) is 6.43. The third-order valence-corrected chi connectivity index (χ3v) is 4.51. The van der Waals surface area contributed by atoms with Gasteiger partial charge in [-0.15, -0.1) is 0 Å². The van der Waals surface area contributed by atoms with E-state index in [0.717, 1.165) is 30.6 Å². The largest absolute Gasteiger partial charge is 0.495 e. The highest BCUT2D eigenvalue weighted by molar-refractivity contribution is 5.99. The quantitative estimate of drug-likeness (QED) is 0.686. The Hall–Kier alpha value is -2.87. The number of hydrogen-bond acceptors (Lipinski definition) is 5. The fourth-order valence-electron chi connectivity index (χ4n) is 3.19. The zero-order chi connectivity index (χ0) is 19.2. The SMILES string of the molecule is CCCN(CC(=O)Nc1ccccc1OC)C(=O)c1n[nH]c2c1CNCC2. The fraction of sp³-hybridized carbons (Fsp3) is 0.421. The van der Waals surface area contributed by atoms with Gasteiger partial charge < -0.3 is 20.3 Å². The van der Waals surface area contributed by atoms with E-state index in [1.807, 2.05) is 19.1 Å². The maximum atomic E-state index is 13.0. The van der Waals surface area contributed by atoms with Crippen LogP contribution in [-0.4, -0.2) is 53.7 Å². The average Bonchev–Trinajstić information content (AvgIpc) is 3.11. The van der Waals surface area contributed by atoms with Gasteiger partial charge in [0.2, 0.25) is 5.91 Å². The van der Waals surface area contributed by atoms with Crippen LogP contribution >= 0.6 is 0 Å². The molecule has 8 heteroatoms. The number of rotatable bonds is 7. The summed E-state index contributed by atoms with van der Waals surface area (Å²) in [6.45, 7) is 3.89. The first kappa shape index (κ1) is 18.9. The topological polar surface area (TPSA) is 99.3 Å². The first-order valence-corrected chi connectivity index (χ1v) is 9.13. The van der Waals surface area contributed by atoms with Crippen molar-refractivity contribution in [3.05, 3.63) is 41.2 Å². The highest BCUT2D eigenvalue weighted by Crippen LogP contribution is 2.23. The first-order chi connectivity index (χ1) is 13.1. The summed E-state index contributed by atoms with van der Waals surface area (Å²) in [7, 11) is 1.55. The molecule has 2 amide bonds. The van der Waals surface area contributed by atoms with Gasteiger partial charge in [-0.2, -0.15) is 5.10 Å². The van der Waals surface area contributed by atoms with Crippen LogP contribution in [0, 0.1) is 0 Å². The molecule has 0 aliphatic carbocycles. The van der Waals surface area contributed by atoms with Crippen LogP contribution in [0.4, 0.5) is 5.69 Å². The monoisotopic (exact) mass is 371 g/mol. The van der Waals surface area contributed by atoms with E-state index in [1.54, 1.807) is 19.2 Å². The number of carbonyl (C=O) groups excluding carboxylic acids is 2. The van der Waals surface area contributed by atoms with Gasteiger partial charge in [0, 0.05) is 37.3 Å². The molecule has 144 valence electrons. The molecule has 2 heterocycles. The molecule has 0 radical (unpaired) electrons. The molecule has 2 aromatic rings. The van der Waals surface area contributed by atoms with Crippen molar-refractivity contribution in [1.29, 1.82) is 0 Å². The van der Waals surface area contributed by atoms with Gasteiger partial charge in [0.1, 0.15) is 12.3 Å². The summed E-state index contributed by atoms with van der Waals surface area (Å²) >= 11 is 0. The average molecular weight is 371 g/mol. The van der Waals surface area contributed by atoms with Gasteiger partial charge in [0.15, 0.2) is 5.69 Å². The Morgan fingerprint density at radius 2 is 2.15 bits per heavy atom. The number of benzene rings is 1. The lowest BCUT2D eigenvalue weighted by Gasteiger charge is -2.22. The van der Waals surface area contributed by atoms with Crippen molar-refractivity contribution in [1.82, 2.24) is 20.4 Å². The maximum Gasteiger partial charge on any atom is 0.275 e. The zero-order valence-corrected chi connectivity index (χ0v) is 15.7. The van der Waals surface area contributed by atoms with E-state index in [9.17, 15) is 9.59 Å². The molecule has 3 N–H and O–H groups in total. The van der Waals surface area contributed by atoms with E-state index in [-0.39, 0.29) is 18.4 Å². The molecule has 0 fully saturated rings. The van der Waals surface area contributed by atoms with Crippen molar-refractivity contribution in [3.8, 4) is 5.75 Å². The van der Waals surface area contributed by atoms with Crippen molar-refractivity contribution >= 4 is 17.5 Å². The summed E-state index contributed by atoms with van der Waals surface area (Å²) in [5.41, 5.74) is 2.87. The van der Waals surface area contributed by atoms with Crippen molar-refractivity contribution in [2.24, 2.45) is 0 Å². The minimum Gasteiger partial charge on any atom is -0.495 e. The summed E-state index contributed by atoms with van der Waals surface area (Å²) in [6.07, 6.45) is 1.57. The standard InChI is InChI=1S/C19H25N5O3/c1-3-10-24(12-17(25)21-15-6-4-5-7-16(15)27-2)19(26)18-13-11-20-9-8-14(13)22-23-18/h4-7,20H,3,8-12H2,1-2H3,(H,21,25)(H,22,23). The summed E-state index contributed by atoms with van der Waals surface area (Å²) < 4.78 is 5.25. The van der Waals surface area contributed by atoms with Gasteiger partial charge in [0.05, 0.1) is 12.8 Å². The number of nitrogens with zero attached hydrogens (tertiary/aromatic N) is 2. The second kappa shape index (κ2) is 8.68. The summed E-state index contributed by atoms with van der Waals surface area (Å²) in [5.74, 6) is 0.0729. The molecule has 27 heavy (non-hydrogen) atoms. The first-order valence-electron chi connectivity index (χ1n) is 9.13. The normalized spacial score (nSPS) is 13.0. The maximum absolute atomic E-state index is 13.0. The molecule has 0 saturated heterocycles. The van der Waals surface area contributed by atoms with Crippen LogP contribution in [0.15, 0.2) is 24.3 Å². The number of ether oxygens (including phenoxy) is 1. The highest BCUT2D eigenvalue weighted by atomic mass is 16.5. The molecule has 0 spiro atoms.